The molecule has 0 amide bonds. The van der Waals surface area contributed by atoms with Crippen molar-refractivity contribution in [2.75, 3.05) is 13.2 Å². The molecule has 0 heterocycles. The third-order valence-corrected chi connectivity index (χ3v) is 7.42. The van der Waals surface area contributed by atoms with Gasteiger partial charge in [-0.2, -0.15) is 0 Å². The minimum absolute atomic E-state index is 0.00217. The Bertz CT molecular complexity index is 1090. The van der Waals surface area contributed by atoms with Crippen LogP contribution in [-0.4, -0.2) is 35.4 Å². The molecule has 0 aliphatic heterocycles. The van der Waals surface area contributed by atoms with E-state index < -0.39 is 0 Å². The van der Waals surface area contributed by atoms with Crippen molar-refractivity contribution < 1.29 is 29.3 Å². The normalized spacial score (nSPS) is 12.3. The number of benzene rings is 2. The molecular weight excluding hydrogens is 552 g/mol. The third kappa shape index (κ3) is 11.5. The van der Waals surface area contributed by atoms with Crippen LogP contribution < -0.4 is 0 Å². The molecule has 0 bridgehead atoms. The number of carbonyl (C=O) groups is 2. The molecule has 0 unspecified atom stereocenters. The molecular formula is C38H60O6. The molecule has 6 heteroatoms. The fourth-order valence-electron chi connectivity index (χ4n) is 4.91. The SMILES string of the molecule is CC.CC(C)(C)c1cc(CCC(=O)OCCOC(=O)CCc2cc(C(C)(C)C)c(O)c(C(C)(C)C)c2)cc(C(C)(C)C)c1O. The highest BCUT2D eigenvalue weighted by molar-refractivity contribution is 5.71. The van der Waals surface area contributed by atoms with Crippen LogP contribution in [0.2, 0.25) is 0 Å². The molecule has 0 aromatic heterocycles. The summed E-state index contributed by atoms with van der Waals surface area (Å²) < 4.78 is 10.6. The average molecular weight is 613 g/mol. The molecule has 2 N–H and O–H groups in total. The van der Waals surface area contributed by atoms with Crippen LogP contribution in [0.1, 0.15) is 143 Å². The zero-order valence-corrected chi connectivity index (χ0v) is 30.1. The quantitative estimate of drug-likeness (QED) is 0.217. The summed E-state index contributed by atoms with van der Waals surface area (Å²) in [6.45, 7) is 28.7. The molecule has 0 fully saturated rings. The zero-order chi connectivity index (χ0) is 34.3. The Morgan fingerprint density at radius 3 is 0.955 bits per heavy atom. The Labute approximate surface area is 267 Å². The Kier molecular flexibility index (Phi) is 13.6. The van der Waals surface area contributed by atoms with E-state index >= 15 is 0 Å². The number of aromatic hydroxyl groups is 2. The lowest BCUT2D eigenvalue weighted by Crippen LogP contribution is -2.18. The van der Waals surface area contributed by atoms with Gasteiger partial charge in [-0.05, 0) is 67.9 Å². The van der Waals surface area contributed by atoms with E-state index in [2.05, 4.69) is 83.1 Å². The number of carbonyl (C=O) groups excluding carboxylic acids is 2. The lowest BCUT2D eigenvalue weighted by atomic mass is 9.78. The summed E-state index contributed by atoms with van der Waals surface area (Å²) in [5, 5.41) is 21.8. The first-order chi connectivity index (χ1) is 20.0. The van der Waals surface area contributed by atoms with Gasteiger partial charge in [-0.15, -0.1) is 0 Å². The van der Waals surface area contributed by atoms with Crippen LogP contribution in [0.25, 0.3) is 0 Å². The summed E-state index contributed by atoms with van der Waals surface area (Å²) >= 11 is 0. The molecule has 0 saturated heterocycles. The molecule has 0 aliphatic rings. The highest BCUT2D eigenvalue weighted by atomic mass is 16.6. The number of hydrogen-bond acceptors (Lipinski definition) is 6. The van der Waals surface area contributed by atoms with Gasteiger partial charge in [0.2, 0.25) is 0 Å². The maximum atomic E-state index is 12.4. The lowest BCUT2D eigenvalue weighted by molar-refractivity contribution is -0.152. The van der Waals surface area contributed by atoms with Crippen molar-refractivity contribution in [1.82, 2.24) is 0 Å². The number of rotatable bonds is 9. The van der Waals surface area contributed by atoms with Crippen LogP contribution in [0.3, 0.4) is 0 Å². The number of phenols is 2. The number of aryl methyl sites for hydroxylation is 2. The van der Waals surface area contributed by atoms with Crippen LogP contribution in [0.5, 0.6) is 11.5 Å². The van der Waals surface area contributed by atoms with Crippen LogP contribution in [0, 0.1) is 0 Å². The van der Waals surface area contributed by atoms with E-state index in [0.29, 0.717) is 24.3 Å². The van der Waals surface area contributed by atoms with Crippen molar-refractivity contribution in [2.24, 2.45) is 0 Å². The molecule has 44 heavy (non-hydrogen) atoms. The Morgan fingerprint density at radius 2 is 0.750 bits per heavy atom. The third-order valence-electron chi connectivity index (χ3n) is 7.42. The van der Waals surface area contributed by atoms with Gasteiger partial charge in [0, 0.05) is 12.8 Å². The minimum Gasteiger partial charge on any atom is -0.507 e. The van der Waals surface area contributed by atoms with Crippen molar-refractivity contribution in [3.63, 3.8) is 0 Å². The zero-order valence-electron chi connectivity index (χ0n) is 30.1. The topological polar surface area (TPSA) is 93.1 Å². The number of hydrogen-bond donors (Lipinski definition) is 2. The van der Waals surface area contributed by atoms with Crippen molar-refractivity contribution in [3.8, 4) is 11.5 Å². The lowest BCUT2D eigenvalue weighted by Gasteiger charge is -2.28. The largest absolute Gasteiger partial charge is 0.507 e. The van der Waals surface area contributed by atoms with E-state index in [0.717, 1.165) is 33.4 Å². The maximum Gasteiger partial charge on any atom is 0.306 e. The molecule has 0 aliphatic carbocycles. The molecule has 248 valence electrons. The highest BCUT2D eigenvalue weighted by Crippen LogP contribution is 2.41. The molecule has 0 saturated carbocycles. The Hall–Kier alpha value is -3.02. The Balaban J connectivity index is 0.00000474. The molecule has 0 radical (unpaired) electrons. The first kappa shape index (κ1) is 39.0. The maximum absolute atomic E-state index is 12.4. The average Bonchev–Trinajstić information content (AvgIpc) is 2.88. The summed E-state index contributed by atoms with van der Waals surface area (Å²) in [5.41, 5.74) is 4.45. The van der Waals surface area contributed by atoms with E-state index in [9.17, 15) is 19.8 Å². The molecule has 2 aromatic carbocycles. The predicted molar refractivity (Wildman–Crippen MR) is 181 cm³/mol. The van der Waals surface area contributed by atoms with E-state index in [1.165, 1.54) is 0 Å². The number of ether oxygens (including phenoxy) is 2. The summed E-state index contributed by atoms with van der Waals surface area (Å²) in [5.74, 6) is -0.0832. The van der Waals surface area contributed by atoms with Crippen LogP contribution >= 0.6 is 0 Å². The highest BCUT2D eigenvalue weighted by Gasteiger charge is 2.28. The smallest absolute Gasteiger partial charge is 0.306 e. The van der Waals surface area contributed by atoms with Gasteiger partial charge in [0.1, 0.15) is 24.7 Å². The van der Waals surface area contributed by atoms with Crippen molar-refractivity contribution in [1.29, 1.82) is 0 Å². The van der Waals surface area contributed by atoms with Crippen LogP contribution in [0.15, 0.2) is 24.3 Å². The van der Waals surface area contributed by atoms with Crippen molar-refractivity contribution in [2.45, 2.75) is 144 Å². The van der Waals surface area contributed by atoms with Crippen molar-refractivity contribution >= 4 is 11.9 Å². The van der Waals surface area contributed by atoms with Crippen LogP contribution in [0.4, 0.5) is 0 Å². The summed E-state index contributed by atoms with van der Waals surface area (Å²) in [6, 6.07) is 7.90. The fraction of sp³-hybridized carbons (Fsp3) is 0.632. The second kappa shape index (κ2) is 15.3. The standard InChI is InChI=1S/C36H54O6.C2H6/c1-33(2,3)25-19-23(20-26(31(25)39)34(4,5)6)13-15-29(37)41-17-18-42-30(38)16-14-24-21-27(35(7,8)9)32(40)28(22-24)36(10,11)12;1-2/h19-22,39-40H,13-18H2,1-12H3;1-2H3. The van der Waals surface area contributed by atoms with Crippen molar-refractivity contribution in [3.05, 3.63) is 57.6 Å². The van der Waals surface area contributed by atoms with Gasteiger partial charge >= 0.3 is 11.9 Å². The number of esters is 2. The monoisotopic (exact) mass is 612 g/mol. The van der Waals surface area contributed by atoms with E-state index in [1.807, 2.05) is 38.1 Å². The predicted octanol–water partition coefficient (Wildman–Crippen LogP) is 8.97. The fourth-order valence-corrected chi connectivity index (χ4v) is 4.91. The second-order valence-electron chi connectivity index (χ2n) is 15.5. The summed E-state index contributed by atoms with van der Waals surface area (Å²) in [7, 11) is 0. The molecule has 2 rings (SSSR count). The second-order valence-corrected chi connectivity index (χ2v) is 15.5. The van der Waals surface area contributed by atoms with Gasteiger partial charge in [0.25, 0.3) is 0 Å². The van der Waals surface area contributed by atoms with E-state index in [-0.39, 0.29) is 59.7 Å². The first-order valence-electron chi connectivity index (χ1n) is 16.1. The van der Waals surface area contributed by atoms with E-state index in [1.54, 1.807) is 0 Å². The Morgan fingerprint density at radius 1 is 0.523 bits per heavy atom. The molecule has 2 aromatic rings. The van der Waals surface area contributed by atoms with Gasteiger partial charge in [-0.25, -0.2) is 0 Å². The van der Waals surface area contributed by atoms with Gasteiger partial charge in [-0.1, -0.05) is 121 Å². The molecule has 0 atom stereocenters. The van der Waals surface area contributed by atoms with Crippen LogP contribution in [-0.2, 0) is 53.6 Å². The van der Waals surface area contributed by atoms with Gasteiger partial charge in [-0.3, -0.25) is 9.59 Å². The van der Waals surface area contributed by atoms with Gasteiger partial charge < -0.3 is 19.7 Å². The summed E-state index contributed by atoms with van der Waals surface area (Å²) in [6.07, 6.45) is 1.37. The van der Waals surface area contributed by atoms with Gasteiger partial charge in [0.15, 0.2) is 0 Å². The first-order valence-corrected chi connectivity index (χ1v) is 16.1. The van der Waals surface area contributed by atoms with Gasteiger partial charge in [0.05, 0.1) is 0 Å². The minimum atomic E-state index is -0.359. The molecule has 6 nitrogen and oxygen atoms in total. The summed E-state index contributed by atoms with van der Waals surface area (Å²) in [4.78, 5) is 24.8. The number of phenolic OH excluding ortho intramolecular Hbond substituents is 2. The molecule has 0 spiro atoms. The van der Waals surface area contributed by atoms with E-state index in [4.69, 9.17) is 9.47 Å².